The molecule has 3 aromatic rings. The Labute approximate surface area is 146 Å². The Kier molecular flexibility index (Phi) is 4.76. The lowest BCUT2D eigenvalue weighted by Gasteiger charge is -2.21. The van der Waals surface area contributed by atoms with Crippen LogP contribution in [-0.2, 0) is 0 Å². The van der Waals surface area contributed by atoms with Crippen LogP contribution in [0, 0.1) is 0 Å². The van der Waals surface area contributed by atoms with Crippen molar-refractivity contribution in [3.63, 3.8) is 0 Å². The molecule has 0 saturated carbocycles. The topological polar surface area (TPSA) is 48.1 Å². The molecular formula is C19H20ClN3O. The SMILES string of the molecule is CCN(CC)c1ccc(NC(=O)c2cc3cc(Cl)ccc3[nH]2)cc1. The molecule has 124 valence electrons. The molecule has 1 amide bonds. The van der Waals surface area contributed by atoms with Crippen LogP contribution < -0.4 is 10.2 Å². The van der Waals surface area contributed by atoms with Crippen molar-refractivity contribution in [1.82, 2.24) is 4.98 Å². The van der Waals surface area contributed by atoms with Crippen molar-refractivity contribution in [3.05, 3.63) is 59.2 Å². The van der Waals surface area contributed by atoms with Crippen molar-refractivity contribution in [3.8, 4) is 0 Å². The molecule has 0 aliphatic carbocycles. The van der Waals surface area contributed by atoms with Crippen LogP contribution in [0.4, 0.5) is 11.4 Å². The van der Waals surface area contributed by atoms with E-state index in [0.717, 1.165) is 35.4 Å². The summed E-state index contributed by atoms with van der Waals surface area (Å²) in [4.78, 5) is 17.8. The van der Waals surface area contributed by atoms with Crippen molar-refractivity contribution < 1.29 is 4.79 Å². The molecule has 0 fully saturated rings. The summed E-state index contributed by atoms with van der Waals surface area (Å²) in [6.45, 7) is 6.17. The zero-order valence-electron chi connectivity index (χ0n) is 13.8. The van der Waals surface area contributed by atoms with Gasteiger partial charge < -0.3 is 15.2 Å². The van der Waals surface area contributed by atoms with Crippen LogP contribution in [0.1, 0.15) is 24.3 Å². The van der Waals surface area contributed by atoms with Crippen LogP contribution in [0.5, 0.6) is 0 Å². The summed E-state index contributed by atoms with van der Waals surface area (Å²) in [7, 11) is 0. The average Bonchev–Trinajstić information content (AvgIpc) is 3.00. The molecule has 2 N–H and O–H groups in total. The van der Waals surface area contributed by atoms with Gasteiger partial charge in [-0.25, -0.2) is 0 Å². The van der Waals surface area contributed by atoms with Crippen molar-refractivity contribution in [2.24, 2.45) is 0 Å². The highest BCUT2D eigenvalue weighted by Crippen LogP contribution is 2.22. The Morgan fingerprint density at radius 2 is 1.79 bits per heavy atom. The summed E-state index contributed by atoms with van der Waals surface area (Å²) in [5.74, 6) is -0.169. The summed E-state index contributed by atoms with van der Waals surface area (Å²) in [5, 5.41) is 4.49. The lowest BCUT2D eigenvalue weighted by Crippen LogP contribution is -2.21. The molecule has 0 unspecified atom stereocenters. The molecule has 2 aromatic carbocycles. The van der Waals surface area contributed by atoms with Gasteiger partial charge in [0.1, 0.15) is 5.69 Å². The standard InChI is InChI=1S/C19H20ClN3O/c1-3-23(4-2)16-8-6-15(7-9-16)21-19(24)18-12-13-11-14(20)5-10-17(13)22-18/h5-12,22H,3-4H2,1-2H3,(H,21,24). The maximum Gasteiger partial charge on any atom is 0.272 e. The van der Waals surface area contributed by atoms with Gasteiger partial charge in [-0.2, -0.15) is 0 Å². The first-order valence-electron chi connectivity index (χ1n) is 8.05. The van der Waals surface area contributed by atoms with Crippen molar-refractivity contribution in [2.75, 3.05) is 23.3 Å². The van der Waals surface area contributed by atoms with Crippen molar-refractivity contribution in [2.45, 2.75) is 13.8 Å². The smallest absolute Gasteiger partial charge is 0.272 e. The minimum atomic E-state index is -0.169. The number of halogens is 1. The number of nitrogens with zero attached hydrogens (tertiary/aromatic N) is 1. The third kappa shape index (κ3) is 3.39. The second-order valence-corrected chi connectivity index (χ2v) is 6.02. The van der Waals surface area contributed by atoms with Gasteiger partial charge in [-0.3, -0.25) is 4.79 Å². The molecule has 0 radical (unpaired) electrons. The van der Waals surface area contributed by atoms with E-state index in [4.69, 9.17) is 11.6 Å². The first-order valence-corrected chi connectivity index (χ1v) is 8.43. The number of carbonyl (C=O) groups is 1. The molecule has 5 heteroatoms. The molecular weight excluding hydrogens is 322 g/mol. The van der Waals surface area contributed by atoms with E-state index in [2.05, 4.69) is 29.0 Å². The number of H-pyrrole nitrogens is 1. The quantitative estimate of drug-likeness (QED) is 0.692. The van der Waals surface area contributed by atoms with E-state index in [1.165, 1.54) is 0 Å². The number of anilines is 2. The van der Waals surface area contributed by atoms with E-state index in [9.17, 15) is 4.79 Å². The van der Waals surface area contributed by atoms with Gasteiger partial charge in [0.05, 0.1) is 0 Å². The predicted molar refractivity (Wildman–Crippen MR) is 101 cm³/mol. The number of aromatic nitrogens is 1. The van der Waals surface area contributed by atoms with Gasteiger partial charge in [0.25, 0.3) is 5.91 Å². The van der Waals surface area contributed by atoms with Crippen LogP contribution in [0.15, 0.2) is 48.5 Å². The van der Waals surface area contributed by atoms with Crippen LogP contribution in [0.2, 0.25) is 5.02 Å². The van der Waals surface area contributed by atoms with Gasteiger partial charge in [-0.15, -0.1) is 0 Å². The van der Waals surface area contributed by atoms with Crippen LogP contribution in [0.3, 0.4) is 0 Å². The maximum atomic E-state index is 12.4. The fourth-order valence-corrected chi connectivity index (χ4v) is 2.95. The zero-order chi connectivity index (χ0) is 17.1. The molecule has 1 heterocycles. The monoisotopic (exact) mass is 341 g/mol. The number of rotatable bonds is 5. The fourth-order valence-electron chi connectivity index (χ4n) is 2.77. The highest BCUT2D eigenvalue weighted by atomic mass is 35.5. The normalized spacial score (nSPS) is 10.8. The summed E-state index contributed by atoms with van der Waals surface area (Å²) in [6, 6.07) is 15.2. The van der Waals surface area contributed by atoms with Gasteiger partial charge >= 0.3 is 0 Å². The first kappa shape index (κ1) is 16.4. The highest BCUT2D eigenvalue weighted by Gasteiger charge is 2.10. The van der Waals surface area contributed by atoms with E-state index in [0.29, 0.717) is 10.7 Å². The van der Waals surface area contributed by atoms with Gasteiger partial charge in [0.2, 0.25) is 0 Å². The third-order valence-corrected chi connectivity index (χ3v) is 4.32. The highest BCUT2D eigenvalue weighted by molar-refractivity contribution is 6.31. The number of aromatic amines is 1. The largest absolute Gasteiger partial charge is 0.372 e. The lowest BCUT2D eigenvalue weighted by molar-refractivity contribution is 0.102. The van der Waals surface area contributed by atoms with Gasteiger partial charge in [0.15, 0.2) is 0 Å². The van der Waals surface area contributed by atoms with Crippen LogP contribution >= 0.6 is 11.6 Å². The van der Waals surface area contributed by atoms with Crippen molar-refractivity contribution in [1.29, 1.82) is 0 Å². The predicted octanol–water partition coefficient (Wildman–Crippen LogP) is 4.92. The van der Waals surface area contributed by atoms with E-state index >= 15 is 0 Å². The number of fused-ring (bicyclic) bond motifs is 1. The van der Waals surface area contributed by atoms with Gasteiger partial charge in [-0.1, -0.05) is 11.6 Å². The second kappa shape index (κ2) is 6.97. The molecule has 0 bridgehead atoms. The molecule has 0 spiro atoms. The number of carbonyl (C=O) groups excluding carboxylic acids is 1. The Morgan fingerprint density at radius 1 is 1.08 bits per heavy atom. The summed E-state index contributed by atoms with van der Waals surface area (Å²) < 4.78 is 0. The van der Waals surface area contributed by atoms with E-state index in [1.54, 1.807) is 12.1 Å². The Hall–Kier alpha value is -2.46. The molecule has 0 aliphatic heterocycles. The summed E-state index contributed by atoms with van der Waals surface area (Å²) in [5.41, 5.74) is 3.33. The van der Waals surface area contributed by atoms with E-state index in [1.807, 2.05) is 36.4 Å². The second-order valence-electron chi connectivity index (χ2n) is 5.59. The minimum Gasteiger partial charge on any atom is -0.372 e. The Bertz CT molecular complexity index is 851. The number of amides is 1. The molecule has 0 atom stereocenters. The summed E-state index contributed by atoms with van der Waals surface area (Å²) >= 11 is 5.98. The summed E-state index contributed by atoms with van der Waals surface area (Å²) in [6.07, 6.45) is 0. The van der Waals surface area contributed by atoms with Gasteiger partial charge in [0, 0.05) is 40.4 Å². The van der Waals surface area contributed by atoms with E-state index < -0.39 is 0 Å². The number of hydrogen-bond donors (Lipinski definition) is 2. The number of hydrogen-bond acceptors (Lipinski definition) is 2. The molecule has 1 aromatic heterocycles. The molecule has 24 heavy (non-hydrogen) atoms. The fraction of sp³-hybridized carbons (Fsp3) is 0.211. The van der Waals surface area contributed by atoms with Crippen LogP contribution in [0.25, 0.3) is 10.9 Å². The minimum absolute atomic E-state index is 0.169. The number of nitrogens with one attached hydrogen (secondary N) is 2. The Morgan fingerprint density at radius 3 is 2.46 bits per heavy atom. The molecule has 3 rings (SSSR count). The Balaban J connectivity index is 1.76. The molecule has 4 nitrogen and oxygen atoms in total. The van der Waals surface area contributed by atoms with Gasteiger partial charge in [-0.05, 0) is 62.4 Å². The van der Waals surface area contributed by atoms with Crippen LogP contribution in [-0.4, -0.2) is 24.0 Å². The van der Waals surface area contributed by atoms with Crippen molar-refractivity contribution >= 4 is 39.8 Å². The average molecular weight is 342 g/mol. The molecule has 0 aliphatic rings. The molecule has 0 saturated heterocycles. The first-order chi connectivity index (χ1) is 11.6. The number of benzene rings is 2. The third-order valence-electron chi connectivity index (χ3n) is 4.08. The zero-order valence-corrected chi connectivity index (χ0v) is 14.5. The lowest BCUT2D eigenvalue weighted by atomic mass is 10.2. The maximum absolute atomic E-state index is 12.4. The van der Waals surface area contributed by atoms with E-state index in [-0.39, 0.29) is 5.91 Å².